The van der Waals surface area contributed by atoms with Gasteiger partial charge in [0.25, 0.3) is 0 Å². The maximum absolute atomic E-state index is 13.0. The lowest BCUT2D eigenvalue weighted by molar-refractivity contribution is -0.288. The van der Waals surface area contributed by atoms with Gasteiger partial charge in [-0.3, -0.25) is 0 Å². The van der Waals surface area contributed by atoms with E-state index >= 15 is 0 Å². The molecule has 0 fully saturated rings. The van der Waals surface area contributed by atoms with Crippen LogP contribution in [0, 0.1) is 12.8 Å². The highest BCUT2D eigenvalue weighted by molar-refractivity contribution is 5.21. The molecule has 0 heterocycles. The topological polar surface area (TPSA) is 0 Å². The third-order valence-electron chi connectivity index (χ3n) is 3.18. The van der Waals surface area contributed by atoms with Crippen molar-refractivity contribution < 1.29 is 22.0 Å². The van der Waals surface area contributed by atoms with E-state index in [1.807, 2.05) is 19.1 Å². The Morgan fingerprint density at radius 3 is 1.95 bits per heavy atom. The van der Waals surface area contributed by atoms with Crippen LogP contribution in [0.15, 0.2) is 24.3 Å². The Hall–Kier alpha value is -1.13. The fourth-order valence-electron chi connectivity index (χ4n) is 1.90. The highest BCUT2D eigenvalue weighted by Gasteiger charge is 2.57. The van der Waals surface area contributed by atoms with Crippen molar-refractivity contribution in [1.29, 1.82) is 0 Å². The van der Waals surface area contributed by atoms with Crippen LogP contribution in [0.1, 0.15) is 30.9 Å². The van der Waals surface area contributed by atoms with Crippen LogP contribution in [-0.4, -0.2) is 12.1 Å². The number of benzene rings is 1. The maximum atomic E-state index is 13.0. The lowest BCUT2D eigenvalue weighted by Gasteiger charge is -2.24. The van der Waals surface area contributed by atoms with E-state index in [4.69, 9.17) is 0 Å². The van der Waals surface area contributed by atoms with Gasteiger partial charge in [-0.1, -0.05) is 43.2 Å². The molecule has 1 unspecified atom stereocenters. The Balaban J connectivity index is 2.72. The van der Waals surface area contributed by atoms with Crippen molar-refractivity contribution in [2.24, 2.45) is 5.92 Å². The fourth-order valence-corrected chi connectivity index (χ4v) is 1.90. The molecule has 1 aromatic rings. The maximum Gasteiger partial charge on any atom is 0.453 e. The Kier molecular flexibility index (Phi) is 4.93. The van der Waals surface area contributed by atoms with E-state index in [2.05, 4.69) is 0 Å². The normalized spacial score (nSPS) is 14.5. The predicted octanol–water partition coefficient (Wildman–Crippen LogP) is 5.15. The Labute approximate surface area is 109 Å². The lowest BCUT2D eigenvalue weighted by atomic mass is 9.90. The minimum atomic E-state index is -5.46. The van der Waals surface area contributed by atoms with Crippen molar-refractivity contribution in [1.82, 2.24) is 0 Å². The minimum absolute atomic E-state index is 0.239. The SMILES string of the molecule is CCC(Cc1ccc(C)cc1)CC(F)(F)C(F)(F)F. The summed E-state index contributed by atoms with van der Waals surface area (Å²) < 4.78 is 62.5. The molecule has 0 aliphatic carbocycles. The van der Waals surface area contributed by atoms with E-state index in [0.29, 0.717) is 6.42 Å². The van der Waals surface area contributed by atoms with E-state index in [1.165, 1.54) is 0 Å². The van der Waals surface area contributed by atoms with Crippen LogP contribution in [-0.2, 0) is 6.42 Å². The van der Waals surface area contributed by atoms with Crippen LogP contribution >= 0.6 is 0 Å². The molecule has 1 aromatic carbocycles. The standard InChI is InChI=1S/C14H17F5/c1-3-11(9-13(15,16)14(17,18)19)8-12-6-4-10(2)5-7-12/h4-7,11H,3,8-9H2,1-2H3. The van der Waals surface area contributed by atoms with Gasteiger partial charge >= 0.3 is 12.1 Å². The molecule has 0 spiro atoms. The van der Waals surface area contributed by atoms with Gasteiger partial charge in [-0.15, -0.1) is 0 Å². The first kappa shape index (κ1) is 15.9. The molecule has 0 radical (unpaired) electrons. The molecule has 5 heteroatoms. The van der Waals surface area contributed by atoms with Gasteiger partial charge in [0, 0.05) is 6.42 Å². The molecule has 1 atom stereocenters. The average molecular weight is 280 g/mol. The first-order valence-corrected chi connectivity index (χ1v) is 6.16. The molecule has 0 bridgehead atoms. The summed E-state index contributed by atoms with van der Waals surface area (Å²) in [5, 5.41) is 0. The summed E-state index contributed by atoms with van der Waals surface area (Å²) in [6.45, 7) is 3.52. The van der Waals surface area contributed by atoms with E-state index in [0.717, 1.165) is 11.1 Å². The molecule has 0 aromatic heterocycles. The number of alkyl halides is 5. The van der Waals surface area contributed by atoms with Gasteiger partial charge in [-0.2, -0.15) is 22.0 Å². The highest BCUT2D eigenvalue weighted by atomic mass is 19.4. The second-order valence-corrected chi connectivity index (χ2v) is 4.87. The highest BCUT2D eigenvalue weighted by Crippen LogP contribution is 2.41. The second-order valence-electron chi connectivity index (χ2n) is 4.87. The molecule has 0 aliphatic heterocycles. The summed E-state index contributed by atoms with van der Waals surface area (Å²) in [5.41, 5.74) is 1.81. The van der Waals surface area contributed by atoms with Crippen molar-refractivity contribution in [3.63, 3.8) is 0 Å². The molecule has 1 rings (SSSR count). The zero-order chi connectivity index (χ0) is 14.7. The monoisotopic (exact) mass is 280 g/mol. The van der Waals surface area contributed by atoms with Crippen LogP contribution in [0.25, 0.3) is 0 Å². The van der Waals surface area contributed by atoms with Gasteiger partial charge in [-0.05, 0) is 24.8 Å². The number of hydrogen-bond acceptors (Lipinski definition) is 0. The number of halogens is 5. The summed E-state index contributed by atoms with van der Waals surface area (Å²) in [5.74, 6) is -5.29. The third-order valence-corrected chi connectivity index (χ3v) is 3.18. The molecule has 0 N–H and O–H groups in total. The third kappa shape index (κ3) is 4.48. The lowest BCUT2D eigenvalue weighted by Crippen LogP contribution is -2.38. The van der Waals surface area contributed by atoms with Crippen molar-refractivity contribution >= 4 is 0 Å². The van der Waals surface area contributed by atoms with Crippen LogP contribution < -0.4 is 0 Å². The van der Waals surface area contributed by atoms with Gasteiger partial charge in [0.05, 0.1) is 0 Å². The Bertz CT molecular complexity index is 391. The summed E-state index contributed by atoms with van der Waals surface area (Å²) in [6.07, 6.45) is -6.09. The molecule has 108 valence electrons. The zero-order valence-electron chi connectivity index (χ0n) is 10.9. The van der Waals surface area contributed by atoms with Gasteiger partial charge < -0.3 is 0 Å². The summed E-state index contributed by atoms with van der Waals surface area (Å²) in [6, 6.07) is 7.18. The van der Waals surface area contributed by atoms with Crippen molar-refractivity contribution in [2.75, 3.05) is 0 Å². The largest absolute Gasteiger partial charge is 0.453 e. The predicted molar refractivity (Wildman–Crippen MR) is 64.3 cm³/mol. The summed E-state index contributed by atoms with van der Waals surface area (Å²) >= 11 is 0. The average Bonchev–Trinajstić information content (AvgIpc) is 2.29. The summed E-state index contributed by atoms with van der Waals surface area (Å²) in [7, 11) is 0. The Morgan fingerprint density at radius 1 is 1.00 bits per heavy atom. The molecule has 0 aliphatic rings. The van der Waals surface area contributed by atoms with E-state index in [1.54, 1.807) is 19.1 Å². The zero-order valence-corrected chi connectivity index (χ0v) is 10.9. The van der Waals surface area contributed by atoms with E-state index < -0.39 is 24.4 Å². The fraction of sp³-hybridized carbons (Fsp3) is 0.571. The van der Waals surface area contributed by atoms with E-state index in [-0.39, 0.29) is 6.42 Å². The molecular weight excluding hydrogens is 263 g/mol. The van der Waals surface area contributed by atoms with Crippen LogP contribution in [0.5, 0.6) is 0 Å². The first-order chi connectivity index (χ1) is 8.65. The molecule has 0 saturated carbocycles. The summed E-state index contributed by atoms with van der Waals surface area (Å²) in [4.78, 5) is 0. The minimum Gasteiger partial charge on any atom is -0.196 e. The van der Waals surface area contributed by atoms with Crippen LogP contribution in [0.4, 0.5) is 22.0 Å². The van der Waals surface area contributed by atoms with Gasteiger partial charge in [0.15, 0.2) is 0 Å². The second kappa shape index (κ2) is 5.88. The van der Waals surface area contributed by atoms with Crippen LogP contribution in [0.2, 0.25) is 0 Å². The number of rotatable bonds is 5. The quantitative estimate of drug-likeness (QED) is 0.654. The van der Waals surface area contributed by atoms with Gasteiger partial charge in [-0.25, -0.2) is 0 Å². The molecular formula is C14H17F5. The van der Waals surface area contributed by atoms with E-state index in [9.17, 15) is 22.0 Å². The van der Waals surface area contributed by atoms with Crippen molar-refractivity contribution in [3.05, 3.63) is 35.4 Å². The van der Waals surface area contributed by atoms with Crippen molar-refractivity contribution in [3.8, 4) is 0 Å². The molecule has 19 heavy (non-hydrogen) atoms. The van der Waals surface area contributed by atoms with Crippen LogP contribution in [0.3, 0.4) is 0 Å². The number of aryl methyl sites for hydroxylation is 1. The smallest absolute Gasteiger partial charge is 0.196 e. The van der Waals surface area contributed by atoms with Crippen molar-refractivity contribution in [2.45, 2.75) is 45.2 Å². The van der Waals surface area contributed by atoms with Gasteiger partial charge in [0.2, 0.25) is 0 Å². The molecule has 0 nitrogen and oxygen atoms in total. The van der Waals surface area contributed by atoms with Gasteiger partial charge in [0.1, 0.15) is 0 Å². The Morgan fingerprint density at radius 2 is 1.53 bits per heavy atom. The first-order valence-electron chi connectivity index (χ1n) is 6.16. The molecule has 0 saturated heterocycles. The number of hydrogen-bond donors (Lipinski definition) is 0. The molecule has 0 amide bonds.